The number of carboxylic acids is 2. The van der Waals surface area contributed by atoms with E-state index in [4.69, 9.17) is 17.2 Å². The number of carbonyl (C=O) groups is 10. The van der Waals surface area contributed by atoms with E-state index in [9.17, 15) is 73.5 Å². The lowest BCUT2D eigenvalue weighted by atomic mass is 10.0. The van der Waals surface area contributed by atoms with Gasteiger partial charge in [0.1, 0.15) is 48.3 Å². The zero-order valence-electron chi connectivity index (χ0n) is 47.0. The molecule has 2 aliphatic heterocycles. The summed E-state index contributed by atoms with van der Waals surface area (Å²) in [7, 11) is 0. The first kappa shape index (κ1) is 65.8. The predicted molar refractivity (Wildman–Crippen MR) is 311 cm³/mol. The standard InChI is InChI=1S/C55H76N14O15S/c1-28(71)45(53(82)68-18-9-15-42(68)52(81)69-26-31(72)22-43(69)51(80)65-40(54(83)84)21-30-25-61-36-13-6-4-11-33(30)36)67-50(79)41(27-70)66-48(77)38(20-29-24-60-35-12-5-3-10-32(29)35)63-49(78)39(23-44(73)74)64-47(76)37(14-7-8-17-59-55(57)58)62-46(75)34(56)16-19-85-2/h3-6,10-13,24-25,28,31,34,37-43,45,60-61,70-72H,7-9,14-23,26-27,56H2,1-2H3,(H,62,75)(H,63,78)(H,64,76)(H,65,80)(H,66,77)(H,67,79)(H,73,74)(H,83,84)(H4,57,58,59)/t28-,31-,34+,37+,38+,39+,40+,41+,42+,43+,45+/m1/s1. The molecule has 29 nitrogen and oxygen atoms in total. The molecule has 0 aliphatic carbocycles. The van der Waals surface area contributed by atoms with Crippen molar-refractivity contribution in [2.75, 3.05) is 38.2 Å². The van der Waals surface area contributed by atoms with E-state index in [1.54, 1.807) is 60.9 Å². The quantitative estimate of drug-likeness (QED) is 0.0134. The maximum atomic E-state index is 14.4. The van der Waals surface area contributed by atoms with Crippen LogP contribution in [0.4, 0.5) is 0 Å². The van der Waals surface area contributed by atoms with Crippen LogP contribution >= 0.6 is 11.8 Å². The highest BCUT2D eigenvalue weighted by molar-refractivity contribution is 7.98. The Bertz CT molecular complexity index is 3080. The zero-order valence-corrected chi connectivity index (χ0v) is 47.8. The number of guanidine groups is 1. The fourth-order valence-corrected chi connectivity index (χ4v) is 10.8. The van der Waals surface area contributed by atoms with Gasteiger partial charge in [-0.1, -0.05) is 36.4 Å². The minimum absolute atomic E-state index is 0.0146. The molecule has 85 heavy (non-hydrogen) atoms. The van der Waals surface area contributed by atoms with Crippen LogP contribution < -0.4 is 49.1 Å². The first-order chi connectivity index (χ1) is 40.5. The number of nitrogens with two attached hydrogens (primary N) is 3. The number of aliphatic imine (C=N–C) groups is 1. The predicted octanol–water partition coefficient (Wildman–Crippen LogP) is -3.25. The number of amides is 8. The summed E-state index contributed by atoms with van der Waals surface area (Å²) in [5.74, 6) is -10.2. The number of aliphatic hydroxyl groups is 3. The number of aliphatic hydroxyl groups excluding tert-OH is 3. The van der Waals surface area contributed by atoms with Crippen molar-refractivity contribution in [1.82, 2.24) is 51.7 Å². The number of rotatable bonds is 31. The van der Waals surface area contributed by atoms with Gasteiger partial charge in [0.15, 0.2) is 5.96 Å². The number of hydrogen-bond acceptors (Lipinski definition) is 16. The molecular weight excluding hydrogens is 1130 g/mol. The molecule has 2 fully saturated rings. The molecule has 0 spiro atoms. The van der Waals surface area contributed by atoms with E-state index in [0.717, 1.165) is 20.7 Å². The van der Waals surface area contributed by atoms with Gasteiger partial charge in [0.25, 0.3) is 0 Å². The Morgan fingerprint density at radius 3 is 1.87 bits per heavy atom. The van der Waals surface area contributed by atoms with E-state index in [1.807, 2.05) is 6.26 Å². The van der Waals surface area contributed by atoms with Crippen LogP contribution in [0.25, 0.3) is 21.8 Å². The molecule has 0 bridgehead atoms. The first-order valence-electron chi connectivity index (χ1n) is 27.8. The number of β-amino-alcohol motifs (C(OH)–C–C–N with tert-alkyl or cyclic N) is 1. The lowest BCUT2D eigenvalue weighted by Crippen LogP contribution is -2.62. The number of nitrogens with one attached hydrogen (secondary N) is 8. The van der Waals surface area contributed by atoms with Gasteiger partial charge in [-0.2, -0.15) is 11.8 Å². The van der Waals surface area contributed by atoms with Gasteiger partial charge in [-0.05, 0) is 80.7 Å². The van der Waals surface area contributed by atoms with Crippen molar-refractivity contribution in [2.24, 2.45) is 22.2 Å². The minimum atomic E-state index is -1.89. The molecule has 2 aromatic carbocycles. The Kier molecular flexibility index (Phi) is 24.0. The SMILES string of the molecule is CSCC[C@H](N)C(=O)N[C@@H](CCCCN=C(N)N)C(=O)N[C@@H](CC(=O)O)C(=O)N[C@@H](Cc1c[nH]c2ccccc12)C(=O)N[C@@H](CO)C(=O)N[C@H](C(=O)N1CCC[C@H]1C(=O)N1C[C@H](O)C[C@H]1C(=O)N[C@@H](Cc1c[nH]c2ccccc12)C(=O)O)[C@@H](C)O. The van der Waals surface area contributed by atoms with Crippen molar-refractivity contribution in [1.29, 1.82) is 0 Å². The van der Waals surface area contributed by atoms with E-state index < -0.39 is 139 Å². The summed E-state index contributed by atoms with van der Waals surface area (Å²) in [6, 6.07) is 0.480. The molecule has 30 heteroatoms. The average Bonchev–Trinajstić information content (AvgIpc) is 4.18. The van der Waals surface area contributed by atoms with Crippen LogP contribution in [0.3, 0.4) is 0 Å². The summed E-state index contributed by atoms with van der Waals surface area (Å²) < 4.78 is 0. The lowest BCUT2D eigenvalue weighted by Gasteiger charge is -2.34. The highest BCUT2D eigenvalue weighted by Crippen LogP contribution is 2.27. The fraction of sp³-hybridized carbons (Fsp3) is 0.509. The number of nitrogens with zero attached hydrogens (tertiary/aromatic N) is 3. The molecule has 6 rings (SSSR count). The third kappa shape index (κ3) is 17.9. The fourth-order valence-electron chi connectivity index (χ4n) is 10.3. The average molecular weight is 1210 g/mol. The Morgan fingerprint density at radius 2 is 1.28 bits per heavy atom. The number of fused-ring (bicyclic) bond motifs is 2. The zero-order chi connectivity index (χ0) is 62.1. The Balaban J connectivity index is 1.16. The van der Waals surface area contributed by atoms with Crippen molar-refractivity contribution < 1.29 is 73.5 Å². The third-order valence-electron chi connectivity index (χ3n) is 14.8. The maximum absolute atomic E-state index is 14.4. The van der Waals surface area contributed by atoms with Crippen molar-refractivity contribution in [3.05, 3.63) is 72.1 Å². The monoisotopic (exact) mass is 1200 g/mol. The molecule has 0 saturated carbocycles. The summed E-state index contributed by atoms with van der Waals surface area (Å²) in [5, 5.41) is 68.4. The number of carbonyl (C=O) groups excluding carboxylic acids is 8. The molecule has 0 radical (unpaired) electrons. The highest BCUT2D eigenvalue weighted by atomic mass is 32.2. The lowest BCUT2D eigenvalue weighted by molar-refractivity contribution is -0.150. The van der Waals surface area contributed by atoms with Gasteiger partial charge in [-0.3, -0.25) is 48.1 Å². The smallest absolute Gasteiger partial charge is 0.326 e. The van der Waals surface area contributed by atoms with Crippen molar-refractivity contribution in [3.8, 4) is 0 Å². The third-order valence-corrected chi connectivity index (χ3v) is 15.4. The number of hydrogen-bond donors (Lipinski definition) is 16. The second-order valence-electron chi connectivity index (χ2n) is 21.1. The van der Waals surface area contributed by atoms with Crippen LogP contribution in [0.5, 0.6) is 0 Å². The highest BCUT2D eigenvalue weighted by Gasteiger charge is 2.47. The summed E-state index contributed by atoms with van der Waals surface area (Å²) in [6.07, 6.45) is 1.67. The van der Waals surface area contributed by atoms with Crippen LogP contribution in [-0.2, 0) is 60.8 Å². The van der Waals surface area contributed by atoms with Gasteiger partial charge in [0.2, 0.25) is 47.3 Å². The van der Waals surface area contributed by atoms with Crippen LogP contribution in [-0.4, -0.2) is 215 Å². The molecule has 2 aliphatic rings. The molecule has 4 aromatic rings. The molecule has 11 atom stereocenters. The number of benzene rings is 2. The van der Waals surface area contributed by atoms with Gasteiger partial charge >= 0.3 is 11.9 Å². The number of para-hydroxylation sites is 2. The van der Waals surface area contributed by atoms with Crippen molar-refractivity contribution in [2.45, 2.75) is 138 Å². The molecule has 4 heterocycles. The van der Waals surface area contributed by atoms with Gasteiger partial charge in [-0.25, -0.2) is 4.79 Å². The van der Waals surface area contributed by atoms with E-state index in [1.165, 1.54) is 18.7 Å². The number of unbranched alkanes of at least 4 members (excludes halogenated alkanes) is 1. The van der Waals surface area contributed by atoms with E-state index in [0.29, 0.717) is 34.2 Å². The Morgan fingerprint density at radius 1 is 0.718 bits per heavy atom. The number of thioether (sulfide) groups is 1. The van der Waals surface area contributed by atoms with Crippen molar-refractivity contribution in [3.63, 3.8) is 0 Å². The largest absolute Gasteiger partial charge is 0.481 e. The number of aromatic amines is 2. The van der Waals surface area contributed by atoms with E-state index in [-0.39, 0.29) is 77.0 Å². The number of likely N-dealkylation sites (tertiary alicyclic amines) is 2. The number of carboxylic acid groups (broad SMARTS) is 2. The second-order valence-corrected chi connectivity index (χ2v) is 22.0. The summed E-state index contributed by atoms with van der Waals surface area (Å²) in [5.41, 5.74) is 19.4. The topological polar surface area (TPSA) is 473 Å². The molecule has 8 amide bonds. The number of aromatic nitrogens is 2. The van der Waals surface area contributed by atoms with Gasteiger partial charge < -0.3 is 94.4 Å². The van der Waals surface area contributed by atoms with Crippen LogP contribution in [0, 0.1) is 0 Å². The summed E-state index contributed by atoms with van der Waals surface area (Å²) in [6.45, 7) is -0.152. The minimum Gasteiger partial charge on any atom is -0.481 e. The molecule has 0 unspecified atom stereocenters. The van der Waals surface area contributed by atoms with E-state index >= 15 is 0 Å². The van der Waals surface area contributed by atoms with Crippen molar-refractivity contribution >= 4 is 98.7 Å². The summed E-state index contributed by atoms with van der Waals surface area (Å²) >= 11 is 1.45. The van der Waals surface area contributed by atoms with Gasteiger partial charge in [0.05, 0.1) is 31.3 Å². The molecule has 2 saturated heterocycles. The van der Waals surface area contributed by atoms with Gasteiger partial charge in [-0.15, -0.1) is 0 Å². The van der Waals surface area contributed by atoms with Crippen LogP contribution in [0.1, 0.15) is 69.4 Å². The van der Waals surface area contributed by atoms with Crippen LogP contribution in [0.15, 0.2) is 65.9 Å². The normalized spacial score (nSPS) is 18.6. The second kappa shape index (κ2) is 31.0. The van der Waals surface area contributed by atoms with E-state index in [2.05, 4.69) is 46.9 Å². The Labute approximate surface area is 492 Å². The maximum Gasteiger partial charge on any atom is 0.326 e. The van der Waals surface area contributed by atoms with Gasteiger partial charge in [0, 0.05) is 73.1 Å². The number of H-pyrrole nitrogens is 2. The summed E-state index contributed by atoms with van der Waals surface area (Å²) in [4.78, 5) is 149. The molecule has 2 aromatic heterocycles. The Hall–Kier alpha value is -8.32. The molecule has 19 N–H and O–H groups in total. The molecule has 462 valence electrons. The number of aliphatic carboxylic acids is 2. The van der Waals surface area contributed by atoms with Crippen LogP contribution in [0.2, 0.25) is 0 Å². The first-order valence-corrected chi connectivity index (χ1v) is 29.2. The molecular formula is C55H76N14O15S.